The van der Waals surface area contributed by atoms with Gasteiger partial charge in [-0.15, -0.1) is 0 Å². The molecule has 0 spiro atoms. The molecule has 24 heavy (non-hydrogen) atoms. The molecule has 0 unspecified atom stereocenters. The number of allylic oxidation sites excluding steroid dienone is 2. The second kappa shape index (κ2) is 8.29. The van der Waals surface area contributed by atoms with E-state index in [0.29, 0.717) is 36.4 Å². The van der Waals surface area contributed by atoms with Gasteiger partial charge in [0.2, 0.25) is 0 Å². The van der Waals surface area contributed by atoms with E-state index < -0.39 is 0 Å². The maximum Gasteiger partial charge on any atom is 0.305 e. The van der Waals surface area contributed by atoms with Crippen molar-refractivity contribution in [1.82, 2.24) is 0 Å². The van der Waals surface area contributed by atoms with Gasteiger partial charge in [0.25, 0.3) is 0 Å². The predicted molar refractivity (Wildman–Crippen MR) is 89.9 cm³/mol. The van der Waals surface area contributed by atoms with Crippen LogP contribution in [0.5, 0.6) is 5.75 Å². The number of hydrogen-bond donors (Lipinski definition) is 1. The zero-order valence-electron chi connectivity index (χ0n) is 13.9. The molecule has 0 radical (unpaired) electrons. The van der Waals surface area contributed by atoms with Crippen molar-refractivity contribution in [3.05, 3.63) is 35.6 Å². The fourth-order valence-electron chi connectivity index (χ4n) is 2.53. The number of esters is 1. The minimum atomic E-state index is -0.388. The second-order valence-corrected chi connectivity index (χ2v) is 5.43. The van der Waals surface area contributed by atoms with Crippen LogP contribution >= 0.6 is 0 Å². The highest BCUT2D eigenvalue weighted by Crippen LogP contribution is 2.26. The van der Waals surface area contributed by atoms with Gasteiger partial charge in [0.05, 0.1) is 37.6 Å². The van der Waals surface area contributed by atoms with Gasteiger partial charge in [-0.25, -0.2) is 0 Å². The lowest BCUT2D eigenvalue weighted by Gasteiger charge is -2.17. The lowest BCUT2D eigenvalue weighted by Crippen LogP contribution is -2.20. The number of rotatable bonds is 6. The Bertz CT molecular complexity index is 673. The van der Waals surface area contributed by atoms with Gasteiger partial charge >= 0.3 is 5.97 Å². The van der Waals surface area contributed by atoms with Crippen molar-refractivity contribution in [2.45, 2.75) is 32.1 Å². The van der Waals surface area contributed by atoms with Crippen LogP contribution in [0.3, 0.4) is 0 Å². The van der Waals surface area contributed by atoms with Crippen molar-refractivity contribution in [2.75, 3.05) is 14.2 Å². The lowest BCUT2D eigenvalue weighted by atomic mass is 9.91. The van der Waals surface area contributed by atoms with Gasteiger partial charge in [0.1, 0.15) is 11.5 Å². The van der Waals surface area contributed by atoms with E-state index in [1.54, 1.807) is 31.4 Å². The maximum absolute atomic E-state index is 12.2. The van der Waals surface area contributed by atoms with E-state index in [4.69, 9.17) is 4.74 Å². The zero-order valence-corrected chi connectivity index (χ0v) is 13.9. The number of aliphatic imine (C=N–C) groups is 1. The molecule has 0 fully saturated rings. The number of ketones is 1. The molecular weight excluding hydrogens is 310 g/mol. The van der Waals surface area contributed by atoms with Crippen molar-refractivity contribution in [1.29, 1.82) is 0 Å². The average Bonchev–Trinajstić information content (AvgIpc) is 2.59. The van der Waals surface area contributed by atoms with Crippen LogP contribution in [-0.4, -0.2) is 36.8 Å². The minimum absolute atomic E-state index is 0.0448. The van der Waals surface area contributed by atoms with Crippen LogP contribution in [-0.2, 0) is 14.3 Å². The van der Waals surface area contributed by atoms with Crippen LogP contribution in [0.1, 0.15) is 32.1 Å². The number of benzene rings is 1. The Morgan fingerprint density at radius 3 is 2.46 bits per heavy atom. The third-order valence-electron chi connectivity index (χ3n) is 3.80. The van der Waals surface area contributed by atoms with Crippen molar-refractivity contribution in [3.8, 4) is 5.75 Å². The quantitative estimate of drug-likeness (QED) is 0.638. The molecule has 0 amide bonds. The second-order valence-electron chi connectivity index (χ2n) is 5.43. The number of methoxy groups -OCH3 is 2. The summed E-state index contributed by atoms with van der Waals surface area (Å²) in [5.74, 6) is 0.209. The van der Waals surface area contributed by atoms with Crippen molar-refractivity contribution >= 4 is 23.2 Å². The molecule has 6 heteroatoms. The Kier molecular flexibility index (Phi) is 6.12. The first-order valence-electron chi connectivity index (χ1n) is 7.79. The number of nitrogens with zero attached hydrogens (tertiary/aromatic N) is 1. The SMILES string of the molecule is COC(=O)CCC(=Nc1ccc(OC)cc1)C1=C(O)CCCC1=O. The topological polar surface area (TPSA) is 85.2 Å². The first-order chi connectivity index (χ1) is 11.5. The first-order valence-corrected chi connectivity index (χ1v) is 7.79. The van der Waals surface area contributed by atoms with E-state index in [0.717, 1.165) is 0 Å². The van der Waals surface area contributed by atoms with E-state index in [2.05, 4.69) is 9.73 Å². The molecular formula is C18H21NO5. The van der Waals surface area contributed by atoms with E-state index in [9.17, 15) is 14.7 Å². The largest absolute Gasteiger partial charge is 0.511 e. The molecule has 0 heterocycles. The van der Waals surface area contributed by atoms with E-state index >= 15 is 0 Å². The maximum atomic E-state index is 12.2. The monoisotopic (exact) mass is 331 g/mol. The highest BCUT2D eigenvalue weighted by atomic mass is 16.5. The van der Waals surface area contributed by atoms with Gasteiger partial charge in [-0.2, -0.15) is 0 Å². The molecule has 1 N–H and O–H groups in total. The molecule has 0 bridgehead atoms. The number of carbonyl (C=O) groups is 2. The molecule has 0 saturated carbocycles. The molecule has 0 atom stereocenters. The van der Waals surface area contributed by atoms with Crippen molar-refractivity contribution < 1.29 is 24.2 Å². The number of carbonyl (C=O) groups excluding carboxylic acids is 2. The Balaban J connectivity index is 2.35. The molecule has 1 aromatic carbocycles. The molecule has 0 aliphatic heterocycles. The molecule has 0 aromatic heterocycles. The first kappa shape index (κ1) is 17.7. The van der Waals surface area contributed by atoms with Crippen molar-refractivity contribution in [3.63, 3.8) is 0 Å². The molecule has 6 nitrogen and oxygen atoms in total. The van der Waals surface area contributed by atoms with Gasteiger partial charge in [-0.1, -0.05) is 0 Å². The number of Topliss-reactive ketones (excluding diaryl/α,β-unsaturated/α-hetero) is 1. The number of ether oxygens (including phenoxy) is 2. The fourth-order valence-corrected chi connectivity index (χ4v) is 2.53. The number of aliphatic hydroxyl groups is 1. The van der Waals surface area contributed by atoms with Gasteiger partial charge in [0, 0.05) is 19.3 Å². The Labute approximate surface area is 140 Å². The number of aliphatic hydroxyl groups excluding tert-OH is 1. The lowest BCUT2D eigenvalue weighted by molar-refractivity contribution is -0.140. The van der Waals surface area contributed by atoms with Crippen LogP contribution < -0.4 is 4.74 Å². The summed E-state index contributed by atoms with van der Waals surface area (Å²) in [4.78, 5) is 28.1. The highest BCUT2D eigenvalue weighted by molar-refractivity contribution is 6.23. The van der Waals surface area contributed by atoms with Gasteiger partial charge < -0.3 is 14.6 Å². The summed E-state index contributed by atoms with van der Waals surface area (Å²) in [6.07, 6.45) is 1.76. The fraction of sp³-hybridized carbons (Fsp3) is 0.389. The minimum Gasteiger partial charge on any atom is -0.511 e. The Hall–Kier alpha value is -2.63. The van der Waals surface area contributed by atoms with Crippen LogP contribution in [0.4, 0.5) is 5.69 Å². The van der Waals surface area contributed by atoms with Crippen molar-refractivity contribution in [2.24, 2.45) is 4.99 Å². The van der Waals surface area contributed by atoms with Crippen LogP contribution in [0.25, 0.3) is 0 Å². The molecule has 1 aliphatic carbocycles. The molecule has 0 saturated heterocycles. The molecule has 1 aromatic rings. The standard InChI is InChI=1S/C18H21NO5/c1-23-13-8-6-12(7-9-13)19-14(10-11-17(22)24-2)18-15(20)4-3-5-16(18)21/h6-9,20H,3-5,10-11H2,1-2H3. The smallest absolute Gasteiger partial charge is 0.305 e. The van der Waals surface area contributed by atoms with E-state index in [1.807, 2.05) is 0 Å². The normalized spacial score (nSPS) is 15.4. The zero-order chi connectivity index (χ0) is 17.5. The predicted octanol–water partition coefficient (Wildman–Crippen LogP) is 3.29. The molecule has 2 rings (SSSR count). The number of hydrogen-bond acceptors (Lipinski definition) is 6. The summed E-state index contributed by atoms with van der Waals surface area (Å²) >= 11 is 0. The highest BCUT2D eigenvalue weighted by Gasteiger charge is 2.25. The average molecular weight is 331 g/mol. The van der Waals surface area contributed by atoms with Gasteiger partial charge in [-0.05, 0) is 30.7 Å². The summed E-state index contributed by atoms with van der Waals surface area (Å²) in [5, 5.41) is 10.1. The summed E-state index contributed by atoms with van der Waals surface area (Å²) in [6.45, 7) is 0. The summed E-state index contributed by atoms with van der Waals surface area (Å²) in [7, 11) is 2.88. The summed E-state index contributed by atoms with van der Waals surface area (Å²) in [6, 6.07) is 7.02. The van der Waals surface area contributed by atoms with Gasteiger partial charge in [-0.3, -0.25) is 14.6 Å². The summed E-state index contributed by atoms with van der Waals surface area (Å²) < 4.78 is 9.75. The molecule has 1 aliphatic rings. The third kappa shape index (κ3) is 4.44. The molecule has 128 valence electrons. The Morgan fingerprint density at radius 2 is 1.88 bits per heavy atom. The van der Waals surface area contributed by atoms with Crippen LogP contribution in [0.15, 0.2) is 40.6 Å². The van der Waals surface area contributed by atoms with Crippen LogP contribution in [0.2, 0.25) is 0 Å². The van der Waals surface area contributed by atoms with Crippen LogP contribution in [0, 0.1) is 0 Å². The Morgan fingerprint density at radius 1 is 1.17 bits per heavy atom. The summed E-state index contributed by atoms with van der Waals surface area (Å²) in [5.41, 5.74) is 1.27. The third-order valence-corrected chi connectivity index (χ3v) is 3.80. The van der Waals surface area contributed by atoms with Gasteiger partial charge in [0.15, 0.2) is 5.78 Å². The van der Waals surface area contributed by atoms with E-state index in [-0.39, 0.29) is 35.9 Å². The van der Waals surface area contributed by atoms with E-state index in [1.165, 1.54) is 7.11 Å².